The minimum absolute atomic E-state index is 0.00857. The van der Waals surface area contributed by atoms with E-state index < -0.39 is 8.07 Å². The average Bonchev–Trinajstić information content (AvgIpc) is 2.01. The molecule has 1 atom stereocenters. The van der Waals surface area contributed by atoms with E-state index in [4.69, 9.17) is 4.74 Å². The molecule has 0 amide bonds. The maximum absolute atomic E-state index is 11.0. The van der Waals surface area contributed by atoms with Gasteiger partial charge < -0.3 is 4.74 Å². The molecule has 0 aliphatic carbocycles. The Morgan fingerprint density at radius 2 is 2.14 bits per heavy atom. The molecule has 0 spiro atoms. The topological polar surface area (TPSA) is 26.3 Å². The summed E-state index contributed by atoms with van der Waals surface area (Å²) in [4.78, 5) is 11.0. The van der Waals surface area contributed by atoms with Gasteiger partial charge in [0, 0.05) is 14.5 Å². The van der Waals surface area contributed by atoms with E-state index in [0.29, 0.717) is 18.9 Å². The van der Waals surface area contributed by atoms with Crippen molar-refractivity contribution in [1.82, 2.24) is 0 Å². The Balaban J connectivity index is 2.15. The lowest BCUT2D eigenvalue weighted by molar-refractivity contribution is -0.149. The van der Waals surface area contributed by atoms with Crippen LogP contribution >= 0.6 is 0 Å². The lowest BCUT2D eigenvalue weighted by Crippen LogP contribution is -2.22. The predicted octanol–water partition coefficient (Wildman–Crippen LogP) is 3.06. The molecule has 1 fully saturated rings. The fraction of sp³-hybridized carbons (Fsp3) is 0.909. The molecular weight excluding hydrogens is 192 g/mol. The van der Waals surface area contributed by atoms with Crippen LogP contribution in [0.15, 0.2) is 0 Å². The Hall–Kier alpha value is -0.313. The molecular formula is C11H22O2Si. The van der Waals surface area contributed by atoms with Crippen molar-refractivity contribution in [1.29, 1.82) is 0 Å². The van der Waals surface area contributed by atoms with Gasteiger partial charge in [-0.1, -0.05) is 38.5 Å². The second-order valence-corrected chi connectivity index (χ2v) is 11.2. The van der Waals surface area contributed by atoms with Crippen LogP contribution in [0.4, 0.5) is 0 Å². The van der Waals surface area contributed by atoms with Crippen molar-refractivity contribution in [2.24, 2.45) is 5.92 Å². The van der Waals surface area contributed by atoms with Gasteiger partial charge in [0.05, 0.1) is 6.61 Å². The molecule has 1 aliphatic rings. The summed E-state index contributed by atoms with van der Waals surface area (Å²) >= 11 is 0. The largest absolute Gasteiger partial charge is 0.466 e. The van der Waals surface area contributed by atoms with Crippen LogP contribution in [0.2, 0.25) is 25.7 Å². The molecule has 0 aromatic heterocycles. The number of ether oxygens (including phenoxy) is 1. The predicted molar refractivity (Wildman–Crippen MR) is 61.1 cm³/mol. The van der Waals surface area contributed by atoms with Crippen LogP contribution in [0.3, 0.4) is 0 Å². The van der Waals surface area contributed by atoms with Crippen molar-refractivity contribution in [3.8, 4) is 0 Å². The molecule has 1 saturated heterocycles. The molecule has 1 aliphatic heterocycles. The number of cyclic esters (lactones) is 1. The van der Waals surface area contributed by atoms with Gasteiger partial charge >= 0.3 is 5.97 Å². The smallest absolute Gasteiger partial charge is 0.306 e. The van der Waals surface area contributed by atoms with Gasteiger partial charge in [0.1, 0.15) is 0 Å². The summed E-state index contributed by atoms with van der Waals surface area (Å²) in [6.45, 7) is 7.86. The summed E-state index contributed by atoms with van der Waals surface area (Å²) in [5.74, 6) is 0.613. The van der Waals surface area contributed by atoms with Gasteiger partial charge in [-0.2, -0.15) is 0 Å². The molecule has 0 saturated carbocycles. The number of hydrogen-bond acceptors (Lipinski definition) is 2. The first-order chi connectivity index (χ1) is 6.47. The average molecular weight is 214 g/mol. The van der Waals surface area contributed by atoms with Gasteiger partial charge in [0.2, 0.25) is 0 Å². The van der Waals surface area contributed by atoms with Crippen LogP contribution in [0.25, 0.3) is 0 Å². The molecule has 82 valence electrons. The molecule has 0 unspecified atom stereocenters. The highest BCUT2D eigenvalue weighted by Gasteiger charge is 2.21. The molecule has 2 nitrogen and oxygen atoms in total. The van der Waals surface area contributed by atoms with Crippen LogP contribution in [0.1, 0.15) is 25.7 Å². The van der Waals surface area contributed by atoms with Crippen molar-refractivity contribution >= 4 is 14.0 Å². The fourth-order valence-electron chi connectivity index (χ4n) is 1.90. The highest BCUT2D eigenvalue weighted by molar-refractivity contribution is 6.76. The van der Waals surface area contributed by atoms with E-state index in [0.717, 1.165) is 6.42 Å². The summed E-state index contributed by atoms with van der Waals surface area (Å²) < 4.78 is 4.93. The standard InChI is InChI=1S/C11H22O2Si/c1-14(2,3)8-4-5-10-6-7-13-11(12)9-10/h10H,4-9H2,1-3H3/t10-/m1/s1. The van der Waals surface area contributed by atoms with Gasteiger partial charge in [-0.15, -0.1) is 0 Å². The van der Waals surface area contributed by atoms with E-state index in [1.165, 1.54) is 18.9 Å². The second-order valence-electron chi connectivity index (χ2n) is 5.53. The van der Waals surface area contributed by atoms with Crippen LogP contribution in [0, 0.1) is 5.92 Å². The third kappa shape index (κ3) is 4.79. The molecule has 1 heterocycles. The molecule has 0 N–H and O–H groups in total. The van der Waals surface area contributed by atoms with Crippen LogP contribution in [-0.4, -0.2) is 20.7 Å². The number of rotatable bonds is 4. The van der Waals surface area contributed by atoms with E-state index in [1.54, 1.807) is 0 Å². The maximum Gasteiger partial charge on any atom is 0.306 e. The number of esters is 1. The zero-order chi connectivity index (χ0) is 10.6. The first-order valence-electron chi connectivity index (χ1n) is 5.63. The molecule has 3 heteroatoms. The third-order valence-corrected chi connectivity index (χ3v) is 4.64. The second kappa shape index (κ2) is 4.96. The van der Waals surface area contributed by atoms with Crippen molar-refractivity contribution in [2.45, 2.75) is 51.4 Å². The van der Waals surface area contributed by atoms with Crippen LogP contribution in [-0.2, 0) is 9.53 Å². The minimum atomic E-state index is -0.875. The van der Waals surface area contributed by atoms with E-state index >= 15 is 0 Å². The number of carbonyl (C=O) groups excluding carboxylic acids is 1. The highest BCUT2D eigenvalue weighted by Crippen LogP contribution is 2.23. The monoisotopic (exact) mass is 214 g/mol. The molecule has 14 heavy (non-hydrogen) atoms. The molecule has 0 aromatic rings. The first kappa shape index (κ1) is 11.8. The van der Waals surface area contributed by atoms with Crippen molar-refractivity contribution < 1.29 is 9.53 Å². The maximum atomic E-state index is 11.0. The Labute approximate surface area is 88.0 Å². The molecule has 0 radical (unpaired) electrons. The van der Waals surface area contributed by atoms with E-state index in [9.17, 15) is 4.79 Å². The fourth-order valence-corrected chi connectivity index (χ4v) is 3.17. The lowest BCUT2D eigenvalue weighted by atomic mass is 9.95. The van der Waals surface area contributed by atoms with Gasteiger partial charge in [-0.3, -0.25) is 4.79 Å². The van der Waals surface area contributed by atoms with E-state index in [1.807, 2.05) is 0 Å². The van der Waals surface area contributed by atoms with Gasteiger partial charge in [-0.25, -0.2) is 0 Å². The summed E-state index contributed by atoms with van der Waals surface area (Å²) in [5, 5.41) is 0. The molecule has 1 rings (SSSR count). The zero-order valence-electron chi connectivity index (χ0n) is 9.64. The van der Waals surface area contributed by atoms with Crippen molar-refractivity contribution in [3.05, 3.63) is 0 Å². The number of carbonyl (C=O) groups is 1. The highest BCUT2D eigenvalue weighted by atomic mass is 28.3. The minimum Gasteiger partial charge on any atom is -0.466 e. The molecule has 0 bridgehead atoms. The van der Waals surface area contributed by atoms with Crippen LogP contribution in [0.5, 0.6) is 0 Å². The summed E-state index contributed by atoms with van der Waals surface area (Å²) in [5.41, 5.74) is 0. The lowest BCUT2D eigenvalue weighted by Gasteiger charge is -2.22. The number of hydrogen-bond donors (Lipinski definition) is 0. The van der Waals surface area contributed by atoms with Crippen LogP contribution < -0.4 is 0 Å². The van der Waals surface area contributed by atoms with Gasteiger partial charge in [-0.05, 0) is 12.3 Å². The van der Waals surface area contributed by atoms with E-state index in [-0.39, 0.29) is 5.97 Å². The van der Waals surface area contributed by atoms with Gasteiger partial charge in [0.25, 0.3) is 0 Å². The van der Waals surface area contributed by atoms with Crippen molar-refractivity contribution in [2.75, 3.05) is 6.61 Å². The summed E-state index contributed by atoms with van der Waals surface area (Å²) in [7, 11) is -0.875. The Morgan fingerprint density at radius 1 is 1.43 bits per heavy atom. The third-order valence-electron chi connectivity index (χ3n) is 2.78. The Kier molecular flexibility index (Phi) is 4.17. The SMILES string of the molecule is C[Si](C)(C)CCC[C@@H]1CCOC(=O)C1. The summed E-state index contributed by atoms with van der Waals surface area (Å²) in [6, 6.07) is 1.39. The quantitative estimate of drug-likeness (QED) is 0.531. The normalized spacial score (nSPS) is 23.4. The first-order valence-corrected chi connectivity index (χ1v) is 9.34. The Morgan fingerprint density at radius 3 is 2.71 bits per heavy atom. The van der Waals surface area contributed by atoms with Crippen molar-refractivity contribution in [3.63, 3.8) is 0 Å². The molecule has 0 aromatic carbocycles. The van der Waals surface area contributed by atoms with Gasteiger partial charge in [0.15, 0.2) is 0 Å². The zero-order valence-corrected chi connectivity index (χ0v) is 10.6. The Bertz CT molecular complexity index is 196. The van der Waals surface area contributed by atoms with E-state index in [2.05, 4.69) is 19.6 Å². The summed E-state index contributed by atoms with van der Waals surface area (Å²) in [6.07, 6.45) is 4.26.